The molecule has 0 saturated carbocycles. The minimum Gasteiger partial charge on any atom is -0.460 e. The summed E-state index contributed by atoms with van der Waals surface area (Å²) in [5, 5.41) is 0. The van der Waals surface area contributed by atoms with Gasteiger partial charge >= 0.3 is 5.97 Å². The first-order valence-electron chi connectivity index (χ1n) is 4.69. The molecule has 0 fully saturated rings. The van der Waals surface area contributed by atoms with E-state index < -0.39 is 11.8 Å². The maximum Gasteiger partial charge on any atom is 0.375 e. The van der Waals surface area contributed by atoms with Gasteiger partial charge in [-0.1, -0.05) is 13.8 Å². The SMILES string of the molecule is CCOC(=O)C(=O)CC(=O)CC(C)C. The highest BCUT2D eigenvalue weighted by molar-refractivity contribution is 6.37. The quantitative estimate of drug-likeness (QED) is 0.366. The maximum atomic E-state index is 11.1. The van der Waals surface area contributed by atoms with E-state index >= 15 is 0 Å². The van der Waals surface area contributed by atoms with Crippen LogP contribution in [0.15, 0.2) is 0 Å². The zero-order chi connectivity index (χ0) is 11.1. The first-order valence-corrected chi connectivity index (χ1v) is 4.69. The highest BCUT2D eigenvalue weighted by atomic mass is 16.5. The summed E-state index contributed by atoms with van der Waals surface area (Å²) in [6.07, 6.45) is -0.0117. The molecular weight excluding hydrogens is 184 g/mol. The van der Waals surface area contributed by atoms with Crippen LogP contribution in [0.25, 0.3) is 0 Å². The van der Waals surface area contributed by atoms with Crippen LogP contribution in [0.5, 0.6) is 0 Å². The lowest BCUT2D eigenvalue weighted by molar-refractivity contribution is -0.154. The van der Waals surface area contributed by atoms with Crippen LogP contribution in [0.4, 0.5) is 0 Å². The van der Waals surface area contributed by atoms with Crippen molar-refractivity contribution < 1.29 is 19.1 Å². The van der Waals surface area contributed by atoms with Crippen molar-refractivity contribution in [2.75, 3.05) is 6.61 Å². The highest BCUT2D eigenvalue weighted by Crippen LogP contribution is 2.03. The molecule has 80 valence electrons. The van der Waals surface area contributed by atoms with Crippen LogP contribution in [0.3, 0.4) is 0 Å². The predicted molar refractivity (Wildman–Crippen MR) is 50.7 cm³/mol. The van der Waals surface area contributed by atoms with Gasteiger partial charge in [-0.05, 0) is 12.8 Å². The van der Waals surface area contributed by atoms with Crippen LogP contribution >= 0.6 is 0 Å². The van der Waals surface area contributed by atoms with E-state index in [2.05, 4.69) is 4.74 Å². The summed E-state index contributed by atoms with van der Waals surface area (Å²) in [6, 6.07) is 0. The normalized spacial score (nSPS) is 10.0. The summed E-state index contributed by atoms with van der Waals surface area (Å²) in [5.41, 5.74) is 0. The summed E-state index contributed by atoms with van der Waals surface area (Å²) < 4.78 is 4.47. The molecule has 0 aliphatic carbocycles. The van der Waals surface area contributed by atoms with Crippen molar-refractivity contribution in [3.8, 4) is 0 Å². The lowest BCUT2D eigenvalue weighted by Gasteiger charge is -2.02. The molecule has 0 heterocycles. The minimum atomic E-state index is -0.912. The summed E-state index contributed by atoms with van der Waals surface area (Å²) in [7, 11) is 0. The summed E-state index contributed by atoms with van der Waals surface area (Å²) in [4.78, 5) is 33.0. The molecule has 0 amide bonds. The van der Waals surface area contributed by atoms with E-state index in [4.69, 9.17) is 0 Å². The lowest BCUT2D eigenvalue weighted by atomic mass is 10.0. The van der Waals surface area contributed by atoms with Crippen molar-refractivity contribution in [3.63, 3.8) is 0 Å². The fourth-order valence-corrected chi connectivity index (χ4v) is 0.990. The second-order valence-corrected chi connectivity index (χ2v) is 3.46. The second kappa shape index (κ2) is 6.29. The number of carbonyl (C=O) groups is 3. The topological polar surface area (TPSA) is 60.4 Å². The maximum absolute atomic E-state index is 11.1. The molecule has 0 aliphatic heterocycles. The standard InChI is InChI=1S/C10H16O4/c1-4-14-10(13)9(12)6-8(11)5-7(2)3/h7H,4-6H2,1-3H3. The molecule has 0 spiro atoms. The molecular formula is C10H16O4. The molecule has 0 radical (unpaired) electrons. The molecule has 4 heteroatoms. The van der Waals surface area contributed by atoms with E-state index in [1.807, 2.05) is 13.8 Å². The smallest absolute Gasteiger partial charge is 0.375 e. The number of Topliss-reactive ketones (excluding diaryl/α,β-unsaturated/α-hetero) is 2. The summed E-state index contributed by atoms with van der Waals surface area (Å²) >= 11 is 0. The van der Waals surface area contributed by atoms with Gasteiger partial charge in [-0.3, -0.25) is 9.59 Å². The van der Waals surface area contributed by atoms with Crippen LogP contribution in [0, 0.1) is 5.92 Å². The van der Waals surface area contributed by atoms with E-state index in [1.54, 1.807) is 6.92 Å². The number of ketones is 2. The van der Waals surface area contributed by atoms with E-state index in [0.717, 1.165) is 0 Å². The van der Waals surface area contributed by atoms with Crippen molar-refractivity contribution in [1.82, 2.24) is 0 Å². The minimum absolute atomic E-state index is 0.156. The molecule has 0 aromatic heterocycles. The molecule has 0 aromatic rings. The fourth-order valence-electron chi connectivity index (χ4n) is 0.990. The Balaban J connectivity index is 3.94. The lowest BCUT2D eigenvalue weighted by Crippen LogP contribution is -2.21. The Morgan fingerprint density at radius 2 is 1.79 bits per heavy atom. The fraction of sp³-hybridized carbons (Fsp3) is 0.700. The Labute approximate surface area is 83.6 Å². The molecule has 0 aromatic carbocycles. The molecule has 0 atom stereocenters. The third kappa shape index (κ3) is 5.45. The Morgan fingerprint density at radius 1 is 1.21 bits per heavy atom. The van der Waals surface area contributed by atoms with E-state index in [-0.39, 0.29) is 24.7 Å². The van der Waals surface area contributed by atoms with Gasteiger partial charge in [0, 0.05) is 6.42 Å². The number of hydrogen-bond donors (Lipinski definition) is 0. The van der Waals surface area contributed by atoms with Crippen LogP contribution in [-0.2, 0) is 19.1 Å². The van der Waals surface area contributed by atoms with Crippen LogP contribution in [0.2, 0.25) is 0 Å². The first-order chi connectivity index (χ1) is 6.47. The molecule has 14 heavy (non-hydrogen) atoms. The largest absolute Gasteiger partial charge is 0.460 e. The first kappa shape index (κ1) is 12.8. The van der Waals surface area contributed by atoms with Gasteiger partial charge in [0.15, 0.2) is 0 Å². The van der Waals surface area contributed by atoms with Gasteiger partial charge in [-0.25, -0.2) is 4.79 Å². The van der Waals surface area contributed by atoms with Gasteiger partial charge in [0.25, 0.3) is 0 Å². The van der Waals surface area contributed by atoms with Gasteiger partial charge in [-0.2, -0.15) is 0 Å². The van der Waals surface area contributed by atoms with Gasteiger partial charge in [-0.15, -0.1) is 0 Å². The third-order valence-electron chi connectivity index (χ3n) is 1.50. The zero-order valence-corrected chi connectivity index (χ0v) is 8.83. The third-order valence-corrected chi connectivity index (χ3v) is 1.50. The Kier molecular flexibility index (Phi) is 5.76. The Morgan fingerprint density at radius 3 is 2.21 bits per heavy atom. The Bertz CT molecular complexity index is 230. The number of esters is 1. The average molecular weight is 200 g/mol. The zero-order valence-electron chi connectivity index (χ0n) is 8.83. The van der Waals surface area contributed by atoms with Gasteiger partial charge in [0.05, 0.1) is 13.0 Å². The molecule has 0 bridgehead atoms. The number of carbonyl (C=O) groups excluding carboxylic acids is 3. The van der Waals surface area contributed by atoms with E-state index in [0.29, 0.717) is 6.42 Å². The molecule has 4 nitrogen and oxygen atoms in total. The van der Waals surface area contributed by atoms with Crippen molar-refractivity contribution in [3.05, 3.63) is 0 Å². The average Bonchev–Trinajstić information content (AvgIpc) is 2.02. The van der Waals surface area contributed by atoms with Gasteiger partial charge < -0.3 is 4.74 Å². The molecule has 0 rings (SSSR count). The van der Waals surface area contributed by atoms with E-state index in [9.17, 15) is 14.4 Å². The number of ether oxygens (including phenoxy) is 1. The van der Waals surface area contributed by atoms with Crippen molar-refractivity contribution in [1.29, 1.82) is 0 Å². The number of hydrogen-bond acceptors (Lipinski definition) is 4. The second-order valence-electron chi connectivity index (χ2n) is 3.46. The molecule has 0 N–H and O–H groups in total. The molecule has 0 aliphatic rings. The van der Waals surface area contributed by atoms with Gasteiger partial charge in [0.2, 0.25) is 5.78 Å². The van der Waals surface area contributed by atoms with E-state index in [1.165, 1.54) is 0 Å². The van der Waals surface area contributed by atoms with Crippen molar-refractivity contribution in [2.45, 2.75) is 33.6 Å². The Hall–Kier alpha value is -1.19. The van der Waals surface area contributed by atoms with Crippen molar-refractivity contribution in [2.24, 2.45) is 5.92 Å². The van der Waals surface area contributed by atoms with Crippen LogP contribution in [-0.4, -0.2) is 24.1 Å². The summed E-state index contributed by atoms with van der Waals surface area (Å²) in [6.45, 7) is 5.53. The summed E-state index contributed by atoms with van der Waals surface area (Å²) in [5.74, 6) is -1.67. The monoisotopic (exact) mass is 200 g/mol. The predicted octanol–water partition coefficient (Wildman–Crippen LogP) is 1.12. The van der Waals surface area contributed by atoms with Gasteiger partial charge in [0.1, 0.15) is 5.78 Å². The molecule has 0 unspecified atom stereocenters. The number of rotatable bonds is 6. The van der Waals surface area contributed by atoms with Crippen molar-refractivity contribution >= 4 is 17.5 Å². The highest BCUT2D eigenvalue weighted by Gasteiger charge is 2.19. The van der Waals surface area contributed by atoms with Crippen LogP contribution < -0.4 is 0 Å². The van der Waals surface area contributed by atoms with Crippen LogP contribution in [0.1, 0.15) is 33.6 Å². The molecule has 0 saturated heterocycles.